The van der Waals surface area contributed by atoms with Crippen molar-refractivity contribution in [1.29, 1.82) is 0 Å². The van der Waals surface area contributed by atoms with Crippen molar-refractivity contribution < 1.29 is 0 Å². The second-order valence-corrected chi connectivity index (χ2v) is 2.37. The van der Waals surface area contributed by atoms with Gasteiger partial charge in [0, 0.05) is 12.4 Å². The van der Waals surface area contributed by atoms with Gasteiger partial charge in [-0.25, -0.2) is 0 Å². The Bertz CT molecular complexity index is 189. The van der Waals surface area contributed by atoms with Crippen LogP contribution in [0.15, 0.2) is 28.5 Å². The predicted octanol–water partition coefficient (Wildman–Crippen LogP) is 1.82. The highest BCUT2D eigenvalue weighted by Crippen LogP contribution is 2.15. The van der Waals surface area contributed by atoms with Crippen molar-refractivity contribution in [2.24, 2.45) is 5.10 Å². The van der Waals surface area contributed by atoms with Gasteiger partial charge in [-0.15, -0.1) is 0 Å². The van der Waals surface area contributed by atoms with Crippen LogP contribution >= 0.6 is 0 Å². The first-order valence-electron chi connectivity index (χ1n) is 3.42. The first kappa shape index (κ1) is 7.06. The van der Waals surface area contributed by atoms with Crippen LogP contribution < -0.4 is 5.43 Å². The van der Waals surface area contributed by atoms with Gasteiger partial charge in [-0.05, 0) is 25.3 Å². The predicted molar refractivity (Wildman–Crippen MR) is 43.8 cm³/mol. The first-order valence-corrected chi connectivity index (χ1v) is 3.42. The molecule has 1 aliphatic rings. The van der Waals surface area contributed by atoms with Crippen LogP contribution in [0.25, 0.3) is 0 Å². The molecule has 54 valence electrons. The molecule has 0 bridgehead atoms. The van der Waals surface area contributed by atoms with Crippen LogP contribution in [-0.4, -0.2) is 6.72 Å². The minimum absolute atomic E-state index is 1.06. The monoisotopic (exact) mass is 136 g/mol. The minimum atomic E-state index is 1.06. The summed E-state index contributed by atoms with van der Waals surface area (Å²) < 4.78 is 0. The average Bonchev–Trinajstić information content (AvgIpc) is 1.94. The highest BCUT2D eigenvalue weighted by Gasteiger charge is 2.01. The van der Waals surface area contributed by atoms with E-state index >= 15 is 0 Å². The summed E-state index contributed by atoms with van der Waals surface area (Å²) in [6, 6.07) is 0. The molecule has 2 heteroatoms. The lowest BCUT2D eigenvalue weighted by atomic mass is 10.1. The number of allylic oxidation sites excluding steroid dienone is 4. The van der Waals surface area contributed by atoms with Crippen molar-refractivity contribution >= 4 is 6.72 Å². The maximum atomic E-state index is 3.62. The molecule has 0 unspecified atom stereocenters. The third-order valence-electron chi connectivity index (χ3n) is 1.62. The van der Waals surface area contributed by atoms with E-state index in [2.05, 4.69) is 36.3 Å². The molecule has 0 saturated heterocycles. The van der Waals surface area contributed by atoms with Crippen molar-refractivity contribution in [2.45, 2.75) is 19.8 Å². The van der Waals surface area contributed by atoms with E-state index in [1.807, 2.05) is 0 Å². The number of hydrogen-bond acceptors (Lipinski definition) is 2. The van der Waals surface area contributed by atoms with Crippen LogP contribution in [0.5, 0.6) is 0 Å². The normalized spacial score (nSPS) is 17.3. The fourth-order valence-corrected chi connectivity index (χ4v) is 1.03. The molecule has 0 radical (unpaired) electrons. The van der Waals surface area contributed by atoms with E-state index in [1.165, 1.54) is 11.3 Å². The lowest BCUT2D eigenvalue weighted by Gasteiger charge is -2.11. The van der Waals surface area contributed by atoms with Gasteiger partial charge in [-0.3, -0.25) is 5.43 Å². The van der Waals surface area contributed by atoms with Gasteiger partial charge in [0.05, 0.1) is 0 Å². The molecular formula is C8H12N2. The van der Waals surface area contributed by atoms with Crippen molar-refractivity contribution in [3.8, 4) is 0 Å². The van der Waals surface area contributed by atoms with Crippen LogP contribution in [0, 0.1) is 0 Å². The van der Waals surface area contributed by atoms with Crippen LogP contribution in [0.1, 0.15) is 19.8 Å². The van der Waals surface area contributed by atoms with Gasteiger partial charge in [-0.1, -0.05) is 12.2 Å². The van der Waals surface area contributed by atoms with E-state index < -0.39 is 0 Å². The van der Waals surface area contributed by atoms with E-state index in [9.17, 15) is 0 Å². The smallest absolute Gasteiger partial charge is 0.0367 e. The van der Waals surface area contributed by atoms with E-state index in [-0.39, 0.29) is 0 Å². The van der Waals surface area contributed by atoms with Crippen LogP contribution in [0.2, 0.25) is 0 Å². The maximum Gasteiger partial charge on any atom is 0.0367 e. The summed E-state index contributed by atoms with van der Waals surface area (Å²) in [4.78, 5) is 0. The summed E-state index contributed by atoms with van der Waals surface area (Å²) in [6.07, 6.45) is 6.44. The van der Waals surface area contributed by atoms with Crippen LogP contribution in [-0.2, 0) is 0 Å². The van der Waals surface area contributed by atoms with E-state index in [4.69, 9.17) is 0 Å². The number of hydrazone groups is 1. The molecule has 0 aromatic heterocycles. The second-order valence-electron chi connectivity index (χ2n) is 2.37. The van der Waals surface area contributed by atoms with E-state index in [0.717, 1.165) is 12.8 Å². The van der Waals surface area contributed by atoms with Gasteiger partial charge in [0.2, 0.25) is 0 Å². The molecule has 0 spiro atoms. The molecule has 0 saturated carbocycles. The van der Waals surface area contributed by atoms with Gasteiger partial charge >= 0.3 is 0 Å². The molecule has 0 aromatic rings. The SMILES string of the molecule is C=NNC1=C(C)C=CCC1. The zero-order valence-corrected chi connectivity index (χ0v) is 6.22. The molecule has 0 heterocycles. The summed E-state index contributed by atoms with van der Waals surface area (Å²) in [7, 11) is 0. The van der Waals surface area contributed by atoms with Crippen molar-refractivity contribution in [2.75, 3.05) is 0 Å². The summed E-state index contributed by atoms with van der Waals surface area (Å²) in [5.74, 6) is 0. The van der Waals surface area contributed by atoms with Gasteiger partial charge in [0.25, 0.3) is 0 Å². The molecule has 1 aliphatic carbocycles. The molecule has 0 atom stereocenters. The lowest BCUT2D eigenvalue weighted by Crippen LogP contribution is -2.08. The number of nitrogens with zero attached hydrogens (tertiary/aromatic N) is 1. The molecule has 1 N–H and O–H groups in total. The highest BCUT2D eigenvalue weighted by atomic mass is 15.3. The largest absolute Gasteiger partial charge is 0.283 e. The summed E-state index contributed by atoms with van der Waals surface area (Å²) >= 11 is 0. The Hall–Kier alpha value is -1.05. The topological polar surface area (TPSA) is 24.4 Å². The summed E-state index contributed by atoms with van der Waals surface area (Å²) in [5.41, 5.74) is 5.33. The summed E-state index contributed by atoms with van der Waals surface area (Å²) in [5, 5.41) is 3.62. The van der Waals surface area contributed by atoms with E-state index in [1.54, 1.807) is 0 Å². The van der Waals surface area contributed by atoms with Gasteiger partial charge < -0.3 is 0 Å². The standard InChI is InChI=1S/C8H12N2/c1-7-5-3-4-6-8(7)10-9-2/h3,5,10H,2,4,6H2,1H3. The Labute approximate surface area is 61.3 Å². The van der Waals surface area contributed by atoms with Crippen molar-refractivity contribution in [3.63, 3.8) is 0 Å². The Morgan fingerprint density at radius 3 is 3.10 bits per heavy atom. The molecule has 2 nitrogen and oxygen atoms in total. The van der Waals surface area contributed by atoms with Gasteiger partial charge in [0.1, 0.15) is 0 Å². The fraction of sp³-hybridized carbons (Fsp3) is 0.375. The molecule has 1 rings (SSSR count). The zero-order valence-electron chi connectivity index (χ0n) is 6.22. The zero-order chi connectivity index (χ0) is 7.40. The summed E-state index contributed by atoms with van der Waals surface area (Å²) in [6.45, 7) is 5.44. The number of rotatable bonds is 2. The fourth-order valence-electron chi connectivity index (χ4n) is 1.03. The number of nitrogens with one attached hydrogen (secondary N) is 1. The van der Waals surface area contributed by atoms with Crippen molar-refractivity contribution in [3.05, 3.63) is 23.4 Å². The minimum Gasteiger partial charge on any atom is -0.283 e. The second kappa shape index (κ2) is 3.20. The number of hydrogen-bond donors (Lipinski definition) is 1. The molecular weight excluding hydrogens is 124 g/mol. The highest BCUT2D eigenvalue weighted by molar-refractivity contribution is 5.28. The van der Waals surface area contributed by atoms with Crippen LogP contribution in [0.4, 0.5) is 0 Å². The maximum absolute atomic E-state index is 3.62. The van der Waals surface area contributed by atoms with Crippen LogP contribution in [0.3, 0.4) is 0 Å². The Kier molecular flexibility index (Phi) is 2.26. The van der Waals surface area contributed by atoms with E-state index in [0.29, 0.717) is 0 Å². The molecule has 0 aliphatic heterocycles. The Morgan fingerprint density at radius 1 is 1.70 bits per heavy atom. The Balaban J connectivity index is 2.68. The lowest BCUT2D eigenvalue weighted by molar-refractivity contribution is 0.781. The Morgan fingerprint density at radius 2 is 2.50 bits per heavy atom. The molecule has 0 aromatic carbocycles. The van der Waals surface area contributed by atoms with Gasteiger partial charge in [0.15, 0.2) is 0 Å². The quantitative estimate of drug-likeness (QED) is 0.454. The molecule has 0 fully saturated rings. The average molecular weight is 136 g/mol. The first-order chi connectivity index (χ1) is 4.84. The van der Waals surface area contributed by atoms with Gasteiger partial charge in [-0.2, -0.15) is 5.10 Å². The molecule has 10 heavy (non-hydrogen) atoms. The van der Waals surface area contributed by atoms with Crippen molar-refractivity contribution in [1.82, 2.24) is 5.43 Å². The third-order valence-corrected chi connectivity index (χ3v) is 1.62. The third kappa shape index (κ3) is 1.47. The molecule has 0 amide bonds.